The largest absolute Gasteiger partial charge is 0.490 e. The van der Waals surface area contributed by atoms with Crippen molar-refractivity contribution in [2.45, 2.75) is 31.0 Å². The monoisotopic (exact) mass is 587 g/mol. The maximum atomic E-state index is 12.0. The van der Waals surface area contributed by atoms with E-state index in [1.54, 1.807) is 0 Å². The number of rotatable bonds is 8. The maximum Gasteiger partial charge on any atom is 0.490 e. The van der Waals surface area contributed by atoms with Crippen LogP contribution in [0.5, 0.6) is 0 Å². The van der Waals surface area contributed by atoms with Crippen LogP contribution in [0.3, 0.4) is 0 Å². The summed E-state index contributed by atoms with van der Waals surface area (Å²) in [5, 5.41) is 24.5. The van der Waals surface area contributed by atoms with Crippen molar-refractivity contribution in [2.75, 3.05) is 11.9 Å². The molecule has 19 nitrogen and oxygen atoms in total. The third-order valence-corrected chi connectivity index (χ3v) is 9.08. The molecule has 4 heterocycles. The summed E-state index contributed by atoms with van der Waals surface area (Å²) < 4.78 is 52.9. The zero-order chi connectivity index (χ0) is 27.6. The second kappa shape index (κ2) is 9.29. The van der Waals surface area contributed by atoms with Crippen molar-refractivity contribution in [3.8, 4) is 0 Å². The molecule has 2 unspecified atom stereocenters. The number of nitrogens with one attached hydrogen (secondary N) is 1. The van der Waals surface area contributed by atoms with Crippen LogP contribution in [0, 0.1) is 0 Å². The number of nitrogens with zero attached hydrogens (tertiary/aromatic N) is 3. The molecule has 0 aliphatic carbocycles. The lowest BCUT2D eigenvalue weighted by Gasteiger charge is -2.27. The number of amides is 1. The highest BCUT2D eigenvalue weighted by Gasteiger charge is 2.54. The van der Waals surface area contributed by atoms with Crippen LogP contribution >= 0.6 is 23.5 Å². The Hall–Kier alpha value is -2.08. The first-order valence-electron chi connectivity index (χ1n) is 9.88. The molecule has 204 valence electrons. The smallest absolute Gasteiger partial charge is 0.398 e. The van der Waals surface area contributed by atoms with E-state index in [1.807, 2.05) is 0 Å². The number of phosphoric ester groups is 1. The number of anilines is 1. The summed E-state index contributed by atoms with van der Waals surface area (Å²) in [7, 11) is -16.9. The number of ether oxygens (including phenoxy) is 1. The molecule has 37 heavy (non-hydrogen) atoms. The molecule has 2 aliphatic rings. The Morgan fingerprint density at radius 3 is 2.51 bits per heavy atom. The fourth-order valence-electron chi connectivity index (χ4n) is 3.80. The van der Waals surface area contributed by atoms with Crippen LogP contribution in [-0.2, 0) is 36.4 Å². The molecule has 0 saturated carbocycles. The molecule has 2 aliphatic heterocycles. The van der Waals surface area contributed by atoms with Crippen molar-refractivity contribution in [3.05, 3.63) is 24.2 Å². The van der Waals surface area contributed by atoms with Crippen molar-refractivity contribution >= 4 is 51.9 Å². The minimum atomic E-state index is -5.76. The van der Waals surface area contributed by atoms with Gasteiger partial charge in [0.05, 0.1) is 12.0 Å². The fourth-order valence-corrected chi connectivity index (χ4v) is 6.83. The summed E-state index contributed by atoms with van der Waals surface area (Å²) in [6.07, 6.45) is -1.15. The average Bonchev–Trinajstić information content (AvgIpc) is 3.15. The lowest BCUT2D eigenvalue weighted by Crippen LogP contribution is -2.44. The van der Waals surface area contributed by atoms with Crippen LogP contribution in [0.2, 0.25) is 0 Å². The topological polar surface area (TPSA) is 295 Å². The van der Waals surface area contributed by atoms with E-state index in [4.69, 9.17) is 20.3 Å². The van der Waals surface area contributed by atoms with Gasteiger partial charge in [0.1, 0.15) is 35.6 Å². The van der Waals surface area contributed by atoms with Gasteiger partial charge in [-0.3, -0.25) is 9.32 Å². The Kier molecular flexibility index (Phi) is 7.01. The van der Waals surface area contributed by atoms with Crippen molar-refractivity contribution in [1.29, 1.82) is 0 Å². The minimum Gasteiger partial charge on any atom is -0.398 e. The highest BCUT2D eigenvalue weighted by atomic mass is 31.3. The highest BCUT2D eigenvalue weighted by molar-refractivity contribution is 7.66. The van der Waals surface area contributed by atoms with E-state index in [1.165, 1.54) is 17.7 Å². The van der Waals surface area contributed by atoms with Gasteiger partial charge in [-0.1, -0.05) is 0 Å². The van der Waals surface area contributed by atoms with E-state index in [0.29, 0.717) is 10.9 Å². The molecule has 2 aromatic rings. The normalized spacial score (nSPS) is 29.3. The number of carbonyl (C=O) groups is 1. The Labute approximate surface area is 205 Å². The number of aliphatic hydroxyl groups excluding tert-OH is 1. The van der Waals surface area contributed by atoms with Gasteiger partial charge >= 0.3 is 23.5 Å². The van der Waals surface area contributed by atoms with Gasteiger partial charge in [-0.05, 0) is 6.92 Å². The molecule has 22 heteroatoms. The molecular formula is C15H20N5O14P3. The van der Waals surface area contributed by atoms with Gasteiger partial charge in [0, 0.05) is 23.5 Å². The van der Waals surface area contributed by atoms with Crippen molar-refractivity contribution in [2.24, 2.45) is 5.73 Å². The summed E-state index contributed by atoms with van der Waals surface area (Å²) in [6.45, 7) is 0.162. The predicted molar refractivity (Wildman–Crippen MR) is 119 cm³/mol. The summed E-state index contributed by atoms with van der Waals surface area (Å²) in [5.41, 5.74) is 4.37. The van der Waals surface area contributed by atoms with E-state index in [2.05, 4.69) is 28.4 Å². The molecule has 9 N–H and O–H groups in total. The quantitative estimate of drug-likeness (QED) is 0.172. The van der Waals surface area contributed by atoms with Crippen molar-refractivity contribution < 1.29 is 66.2 Å². The van der Waals surface area contributed by atoms with E-state index in [0.717, 1.165) is 12.4 Å². The van der Waals surface area contributed by atoms with Crippen LogP contribution in [0.4, 0.5) is 5.82 Å². The molecule has 4 rings (SSSR count). The van der Waals surface area contributed by atoms with Gasteiger partial charge < -0.3 is 50.1 Å². The first-order valence-corrected chi connectivity index (χ1v) is 14.4. The van der Waals surface area contributed by atoms with Crippen molar-refractivity contribution in [3.63, 3.8) is 0 Å². The van der Waals surface area contributed by atoms with Gasteiger partial charge in [-0.2, -0.15) is 8.62 Å². The Bertz CT molecular complexity index is 1430. The maximum absolute atomic E-state index is 12.0. The van der Waals surface area contributed by atoms with Crippen molar-refractivity contribution in [1.82, 2.24) is 14.5 Å². The van der Waals surface area contributed by atoms with E-state index in [-0.39, 0.29) is 17.2 Å². The number of aliphatic hydroxyl groups is 2. The standard InChI is InChI=1S/C15H20N5O14P3/c1-15(23)11(22)8(4-31-36(27,28)34-37(29,30)33-35(24,25)26)32-14(15)20-3-6-7(16)2-9(21)19-12-10(6)13(20)18-5-17-12/h2-3,5,8,11,14,22-23H,4,16H2,1H3,(H,27,28)(H,29,30)(H2,24,25,26)(H,17,18,19,21)/t8-,11-,14-,15-/m1/s1. The number of phosphoric acid groups is 3. The zero-order valence-electron chi connectivity index (χ0n) is 18.4. The number of nitrogens with two attached hydrogens (primary N) is 1. The molecular weight excluding hydrogens is 567 g/mol. The number of carbonyl (C=O) groups excluding carboxylic acids is 1. The summed E-state index contributed by atoms with van der Waals surface area (Å²) in [4.78, 5) is 56.2. The second-order valence-corrected chi connectivity index (χ2v) is 12.5. The van der Waals surface area contributed by atoms with Gasteiger partial charge in [-0.15, -0.1) is 0 Å². The van der Waals surface area contributed by atoms with Gasteiger partial charge in [-0.25, -0.2) is 23.7 Å². The minimum absolute atomic E-state index is 0.0391. The van der Waals surface area contributed by atoms with Crippen LogP contribution in [0.25, 0.3) is 16.7 Å². The molecule has 0 bridgehead atoms. The predicted octanol–water partition coefficient (Wildman–Crippen LogP) is -0.964. The third-order valence-electron chi connectivity index (χ3n) is 5.27. The van der Waals surface area contributed by atoms with Gasteiger partial charge in [0.25, 0.3) is 5.91 Å². The molecule has 1 fully saturated rings. The Balaban J connectivity index is 1.58. The fraction of sp³-hybridized carbons (Fsp3) is 0.400. The molecule has 1 saturated heterocycles. The Morgan fingerprint density at radius 1 is 1.19 bits per heavy atom. The second-order valence-electron chi connectivity index (χ2n) is 8.04. The molecule has 1 amide bonds. The zero-order valence-corrected chi connectivity index (χ0v) is 21.1. The van der Waals surface area contributed by atoms with E-state index >= 15 is 0 Å². The average molecular weight is 587 g/mol. The third kappa shape index (κ3) is 5.69. The van der Waals surface area contributed by atoms with Crippen LogP contribution < -0.4 is 11.1 Å². The summed E-state index contributed by atoms with van der Waals surface area (Å²) >= 11 is 0. The molecule has 2 aromatic heterocycles. The van der Waals surface area contributed by atoms with Crippen LogP contribution in [-0.4, -0.2) is 74.6 Å². The first kappa shape index (κ1) is 27.9. The molecule has 0 radical (unpaired) electrons. The SMILES string of the molecule is C[C@@]1(O)[C@H](O)[C@@H](COP(=O)(O)OP(=O)(O)OP(=O)(O)O)O[C@H]1n1cc2c3c(ncnc31)NC(=O)C=C2N. The number of hydrogen-bond donors (Lipinski definition) is 8. The molecule has 6 atom stereocenters. The van der Waals surface area contributed by atoms with Gasteiger partial charge in [0.2, 0.25) is 0 Å². The van der Waals surface area contributed by atoms with Crippen LogP contribution in [0.1, 0.15) is 18.7 Å². The summed E-state index contributed by atoms with van der Waals surface area (Å²) in [5.74, 6) is -0.422. The first-order chi connectivity index (χ1) is 16.9. The molecule has 0 spiro atoms. The number of hydrogen-bond acceptors (Lipinski definition) is 13. The lowest BCUT2D eigenvalue weighted by atomic mass is 9.96. The van der Waals surface area contributed by atoms with E-state index in [9.17, 15) is 38.5 Å². The van der Waals surface area contributed by atoms with Crippen LogP contribution in [0.15, 0.2) is 18.6 Å². The lowest BCUT2D eigenvalue weighted by molar-refractivity contribution is -0.111. The Morgan fingerprint density at radius 2 is 1.86 bits per heavy atom. The highest BCUT2D eigenvalue weighted by Crippen LogP contribution is 2.66. The van der Waals surface area contributed by atoms with E-state index < -0.39 is 60.0 Å². The van der Waals surface area contributed by atoms with Gasteiger partial charge in [0.15, 0.2) is 6.23 Å². The summed E-state index contributed by atoms with van der Waals surface area (Å²) in [6, 6.07) is 0. The number of aromatic nitrogens is 3. The molecule has 0 aromatic carbocycles.